The summed E-state index contributed by atoms with van der Waals surface area (Å²) in [6.07, 6.45) is 9.25. The van der Waals surface area contributed by atoms with Crippen LogP contribution in [0.5, 0.6) is 5.75 Å². The smallest absolute Gasteiger partial charge is 0.225 e. The summed E-state index contributed by atoms with van der Waals surface area (Å²) in [6, 6.07) is 11.5. The third-order valence-electron chi connectivity index (χ3n) is 4.42. The minimum absolute atomic E-state index is 0.668. The average molecular weight is 375 g/mol. The van der Waals surface area contributed by atoms with E-state index in [1.54, 1.807) is 25.7 Å². The summed E-state index contributed by atoms with van der Waals surface area (Å²) in [5.41, 5.74) is 2.72. The van der Waals surface area contributed by atoms with Crippen molar-refractivity contribution >= 4 is 5.95 Å². The van der Waals surface area contributed by atoms with Gasteiger partial charge in [-0.15, -0.1) is 0 Å². The highest BCUT2D eigenvalue weighted by molar-refractivity contribution is 5.59. The van der Waals surface area contributed by atoms with E-state index in [-0.39, 0.29) is 0 Å². The first-order valence-corrected chi connectivity index (χ1v) is 8.94. The first-order chi connectivity index (χ1) is 13.7. The molecule has 0 aliphatic rings. The topological polar surface area (TPSA) is 73.9 Å². The van der Waals surface area contributed by atoms with Crippen molar-refractivity contribution in [2.75, 3.05) is 25.6 Å². The summed E-state index contributed by atoms with van der Waals surface area (Å²) < 4.78 is 8.91. The summed E-state index contributed by atoms with van der Waals surface area (Å²) in [7, 11) is 3.63. The maximum absolute atomic E-state index is 5.20. The van der Waals surface area contributed by atoms with Crippen molar-refractivity contribution in [2.24, 2.45) is 0 Å². The SMILES string of the molecule is COc1ccc(-n2cc(-c3ccnc(N(C)CCn4cccn4)n3)cn2)cc1. The summed E-state index contributed by atoms with van der Waals surface area (Å²) in [5, 5.41) is 8.67. The number of ether oxygens (including phenoxy) is 1. The van der Waals surface area contributed by atoms with E-state index >= 15 is 0 Å². The zero-order valence-corrected chi connectivity index (χ0v) is 15.8. The Morgan fingerprint density at radius 1 is 1.07 bits per heavy atom. The predicted octanol–water partition coefficient (Wildman–Crippen LogP) is 2.67. The zero-order chi connectivity index (χ0) is 19.3. The summed E-state index contributed by atoms with van der Waals surface area (Å²) in [4.78, 5) is 11.1. The molecule has 1 aromatic carbocycles. The lowest BCUT2D eigenvalue weighted by Gasteiger charge is -2.17. The third kappa shape index (κ3) is 3.85. The Labute approximate surface area is 163 Å². The van der Waals surface area contributed by atoms with Gasteiger partial charge in [0.25, 0.3) is 0 Å². The second-order valence-electron chi connectivity index (χ2n) is 6.30. The van der Waals surface area contributed by atoms with Gasteiger partial charge in [-0.1, -0.05) is 0 Å². The highest BCUT2D eigenvalue weighted by Crippen LogP contribution is 2.21. The molecule has 0 amide bonds. The van der Waals surface area contributed by atoms with E-state index in [1.165, 1.54) is 0 Å². The quantitative estimate of drug-likeness (QED) is 0.494. The van der Waals surface area contributed by atoms with Gasteiger partial charge in [-0.3, -0.25) is 4.68 Å². The molecule has 0 aliphatic carbocycles. The molecule has 4 rings (SSSR count). The molecule has 3 aromatic heterocycles. The van der Waals surface area contributed by atoms with Crippen LogP contribution in [0.15, 0.2) is 67.4 Å². The number of anilines is 1. The second-order valence-corrected chi connectivity index (χ2v) is 6.30. The Kier molecular flexibility index (Phi) is 5.01. The molecule has 4 aromatic rings. The molecule has 28 heavy (non-hydrogen) atoms. The number of benzene rings is 1. The van der Waals surface area contributed by atoms with Crippen LogP contribution in [-0.4, -0.2) is 50.2 Å². The first kappa shape index (κ1) is 17.7. The number of nitrogens with zero attached hydrogens (tertiary/aromatic N) is 7. The van der Waals surface area contributed by atoms with E-state index in [0.717, 1.165) is 35.8 Å². The molecule has 0 aliphatic heterocycles. The van der Waals surface area contributed by atoms with Gasteiger partial charge in [0.1, 0.15) is 5.75 Å². The molecular formula is C20H21N7O. The van der Waals surface area contributed by atoms with Gasteiger partial charge in [0, 0.05) is 43.9 Å². The predicted molar refractivity (Wildman–Crippen MR) is 107 cm³/mol. The van der Waals surface area contributed by atoms with Crippen LogP contribution < -0.4 is 9.64 Å². The second kappa shape index (κ2) is 7.91. The lowest BCUT2D eigenvalue weighted by atomic mass is 10.2. The van der Waals surface area contributed by atoms with Crippen molar-refractivity contribution in [3.8, 4) is 22.7 Å². The molecule has 0 saturated heterocycles. The minimum atomic E-state index is 0.668. The van der Waals surface area contributed by atoms with Gasteiger partial charge in [-0.05, 0) is 36.4 Å². The minimum Gasteiger partial charge on any atom is -0.497 e. The fourth-order valence-corrected chi connectivity index (χ4v) is 2.81. The van der Waals surface area contributed by atoms with Crippen LogP contribution in [-0.2, 0) is 6.54 Å². The van der Waals surface area contributed by atoms with Crippen LogP contribution >= 0.6 is 0 Å². The van der Waals surface area contributed by atoms with Gasteiger partial charge < -0.3 is 9.64 Å². The standard InChI is InChI=1S/C20H21N7O/c1-25(12-13-26-11-3-9-22-26)20-21-10-8-19(24-20)16-14-23-27(15-16)17-4-6-18(28-2)7-5-17/h3-11,14-15H,12-13H2,1-2H3. The average Bonchev–Trinajstić information content (AvgIpc) is 3.44. The maximum atomic E-state index is 5.20. The van der Waals surface area contributed by atoms with Crippen LogP contribution in [0.3, 0.4) is 0 Å². The van der Waals surface area contributed by atoms with Crippen molar-refractivity contribution in [3.05, 3.63) is 67.4 Å². The monoisotopic (exact) mass is 375 g/mol. The molecule has 0 spiro atoms. The highest BCUT2D eigenvalue weighted by atomic mass is 16.5. The molecule has 0 atom stereocenters. The van der Waals surface area contributed by atoms with Gasteiger partial charge in [0.2, 0.25) is 5.95 Å². The van der Waals surface area contributed by atoms with Gasteiger partial charge in [-0.2, -0.15) is 10.2 Å². The molecule has 8 heteroatoms. The first-order valence-electron chi connectivity index (χ1n) is 8.94. The molecule has 0 saturated carbocycles. The van der Waals surface area contributed by atoms with Crippen LogP contribution in [0.2, 0.25) is 0 Å². The fourth-order valence-electron chi connectivity index (χ4n) is 2.81. The Balaban J connectivity index is 1.50. The lowest BCUT2D eigenvalue weighted by Crippen LogP contribution is -2.24. The van der Waals surface area contributed by atoms with E-state index in [1.807, 2.05) is 70.1 Å². The van der Waals surface area contributed by atoms with E-state index < -0.39 is 0 Å². The molecule has 0 bridgehead atoms. The molecule has 0 unspecified atom stereocenters. The normalized spacial score (nSPS) is 10.8. The maximum Gasteiger partial charge on any atom is 0.225 e. The molecule has 142 valence electrons. The van der Waals surface area contributed by atoms with E-state index in [2.05, 4.69) is 20.2 Å². The van der Waals surface area contributed by atoms with Crippen LogP contribution in [0.4, 0.5) is 5.95 Å². The van der Waals surface area contributed by atoms with Gasteiger partial charge >= 0.3 is 0 Å². The lowest BCUT2D eigenvalue weighted by molar-refractivity contribution is 0.414. The molecule has 0 radical (unpaired) electrons. The van der Waals surface area contributed by atoms with Gasteiger partial charge in [0.15, 0.2) is 0 Å². The van der Waals surface area contributed by atoms with E-state index in [4.69, 9.17) is 4.74 Å². The van der Waals surface area contributed by atoms with Crippen molar-refractivity contribution < 1.29 is 4.74 Å². The van der Waals surface area contributed by atoms with Crippen LogP contribution in [0.1, 0.15) is 0 Å². The number of aromatic nitrogens is 6. The Hall–Kier alpha value is -3.68. The number of rotatable bonds is 7. The van der Waals surface area contributed by atoms with E-state index in [9.17, 15) is 0 Å². The van der Waals surface area contributed by atoms with E-state index in [0.29, 0.717) is 5.95 Å². The fraction of sp³-hybridized carbons (Fsp3) is 0.200. The van der Waals surface area contributed by atoms with Gasteiger partial charge in [-0.25, -0.2) is 14.6 Å². The van der Waals surface area contributed by atoms with Crippen molar-refractivity contribution in [2.45, 2.75) is 6.54 Å². The number of likely N-dealkylation sites (N-methyl/N-ethyl adjacent to an activating group) is 1. The molecule has 3 heterocycles. The summed E-state index contributed by atoms with van der Waals surface area (Å²) in [6.45, 7) is 1.53. The highest BCUT2D eigenvalue weighted by Gasteiger charge is 2.09. The molecule has 8 nitrogen and oxygen atoms in total. The largest absolute Gasteiger partial charge is 0.497 e. The summed E-state index contributed by atoms with van der Waals surface area (Å²) >= 11 is 0. The zero-order valence-electron chi connectivity index (χ0n) is 15.8. The van der Waals surface area contributed by atoms with Crippen molar-refractivity contribution in [3.63, 3.8) is 0 Å². The van der Waals surface area contributed by atoms with Crippen molar-refractivity contribution in [1.82, 2.24) is 29.5 Å². The molecular weight excluding hydrogens is 354 g/mol. The Morgan fingerprint density at radius 2 is 1.93 bits per heavy atom. The number of hydrogen-bond donors (Lipinski definition) is 0. The summed E-state index contributed by atoms with van der Waals surface area (Å²) in [5.74, 6) is 1.48. The molecule has 0 N–H and O–H groups in total. The Morgan fingerprint density at radius 3 is 2.68 bits per heavy atom. The van der Waals surface area contributed by atoms with Crippen LogP contribution in [0, 0.1) is 0 Å². The number of hydrogen-bond acceptors (Lipinski definition) is 6. The number of methoxy groups -OCH3 is 1. The van der Waals surface area contributed by atoms with Gasteiger partial charge in [0.05, 0.1) is 31.2 Å². The molecule has 0 fully saturated rings. The third-order valence-corrected chi connectivity index (χ3v) is 4.42. The Bertz CT molecular complexity index is 1020. The van der Waals surface area contributed by atoms with Crippen LogP contribution in [0.25, 0.3) is 16.9 Å². The van der Waals surface area contributed by atoms with Crippen molar-refractivity contribution in [1.29, 1.82) is 0 Å².